The van der Waals surface area contributed by atoms with Gasteiger partial charge in [-0.05, 0) is 51.7 Å². The van der Waals surface area contributed by atoms with Gasteiger partial charge in [0.1, 0.15) is 12.2 Å². The van der Waals surface area contributed by atoms with Gasteiger partial charge in [-0.25, -0.2) is 4.79 Å². The summed E-state index contributed by atoms with van der Waals surface area (Å²) < 4.78 is 17.5. The number of hydrogen-bond acceptors (Lipinski definition) is 10. The second-order valence-corrected chi connectivity index (χ2v) is 12.0. The first-order valence-electron chi connectivity index (χ1n) is 13.4. The molecule has 2 saturated carbocycles. The molecule has 0 bridgehead atoms. The summed E-state index contributed by atoms with van der Waals surface area (Å²) >= 11 is 0. The average molecular weight is 547 g/mol. The maximum absolute atomic E-state index is 14.2. The van der Waals surface area contributed by atoms with Crippen molar-refractivity contribution in [3.8, 4) is 0 Å². The van der Waals surface area contributed by atoms with Crippen LogP contribution < -0.4 is 0 Å². The highest BCUT2D eigenvalue weighted by molar-refractivity contribution is 6.40. The molecule has 4 rings (SSSR count). The summed E-state index contributed by atoms with van der Waals surface area (Å²) in [4.78, 5) is 53.7. The minimum atomic E-state index is -1.86. The molecule has 1 aliphatic heterocycles. The number of carbonyl (C=O) groups excluding carboxylic acids is 4. The third-order valence-electron chi connectivity index (χ3n) is 8.97. The normalized spacial score (nSPS) is 39.0. The predicted molar refractivity (Wildman–Crippen MR) is 136 cm³/mol. The van der Waals surface area contributed by atoms with Gasteiger partial charge in [0.2, 0.25) is 11.6 Å². The van der Waals surface area contributed by atoms with E-state index in [2.05, 4.69) is 0 Å². The highest BCUT2D eigenvalue weighted by atomic mass is 16.6. The van der Waals surface area contributed by atoms with E-state index in [0.29, 0.717) is 0 Å². The molecule has 9 atom stereocenters. The van der Waals surface area contributed by atoms with E-state index >= 15 is 0 Å². The van der Waals surface area contributed by atoms with Gasteiger partial charge >= 0.3 is 11.9 Å². The van der Waals surface area contributed by atoms with Crippen LogP contribution in [0.1, 0.15) is 64.2 Å². The molecule has 9 unspecified atom stereocenters. The Morgan fingerprint density at radius 1 is 1.10 bits per heavy atom. The predicted octanol–water partition coefficient (Wildman–Crippen LogP) is 1.62. The van der Waals surface area contributed by atoms with Crippen LogP contribution in [0.25, 0.3) is 0 Å². The van der Waals surface area contributed by atoms with Crippen LogP contribution in [0.3, 0.4) is 0 Å². The summed E-state index contributed by atoms with van der Waals surface area (Å²) in [5.74, 6) is -6.57. The number of Topliss-reactive ketones (excluding diaryl/α,β-unsaturated/α-hetero) is 2. The summed E-state index contributed by atoms with van der Waals surface area (Å²) in [6, 6.07) is 8.20. The molecule has 1 aromatic rings. The van der Waals surface area contributed by atoms with Gasteiger partial charge in [-0.15, -0.1) is 0 Å². The van der Waals surface area contributed by atoms with Crippen LogP contribution in [0.2, 0.25) is 0 Å². The van der Waals surface area contributed by atoms with Gasteiger partial charge in [-0.2, -0.15) is 0 Å². The van der Waals surface area contributed by atoms with Crippen LogP contribution in [-0.2, 0) is 28.6 Å². The van der Waals surface area contributed by atoms with Gasteiger partial charge in [0.05, 0.1) is 47.2 Å². The van der Waals surface area contributed by atoms with Crippen molar-refractivity contribution in [3.63, 3.8) is 0 Å². The number of carbonyl (C=O) groups is 4. The summed E-state index contributed by atoms with van der Waals surface area (Å²) in [6.45, 7) is 6.89. The molecular formula is C29H38O10. The Bertz CT molecular complexity index is 1130. The number of aliphatic hydroxyl groups excluding tert-OH is 2. The lowest BCUT2D eigenvalue weighted by molar-refractivity contribution is -0.329. The van der Waals surface area contributed by atoms with Gasteiger partial charge < -0.3 is 29.5 Å². The maximum Gasteiger partial charge on any atom is 0.338 e. The molecule has 214 valence electrons. The zero-order valence-corrected chi connectivity index (χ0v) is 23.0. The molecule has 10 heteroatoms. The van der Waals surface area contributed by atoms with E-state index in [-0.39, 0.29) is 31.4 Å². The Labute approximate surface area is 227 Å². The molecule has 0 spiro atoms. The molecule has 39 heavy (non-hydrogen) atoms. The minimum Gasteiger partial charge on any atom is -0.458 e. The van der Waals surface area contributed by atoms with Crippen LogP contribution in [-0.4, -0.2) is 81.0 Å². The Kier molecular flexibility index (Phi) is 7.81. The van der Waals surface area contributed by atoms with Crippen molar-refractivity contribution in [2.45, 2.75) is 89.5 Å². The van der Waals surface area contributed by atoms with Crippen molar-refractivity contribution in [1.29, 1.82) is 0 Å². The summed E-state index contributed by atoms with van der Waals surface area (Å²) in [7, 11) is 0. The van der Waals surface area contributed by atoms with Crippen LogP contribution >= 0.6 is 0 Å². The second kappa shape index (κ2) is 10.4. The van der Waals surface area contributed by atoms with Crippen molar-refractivity contribution in [2.75, 3.05) is 6.61 Å². The monoisotopic (exact) mass is 546 g/mol. The Hall–Kier alpha value is -2.66. The van der Waals surface area contributed by atoms with Crippen LogP contribution in [0.4, 0.5) is 0 Å². The summed E-state index contributed by atoms with van der Waals surface area (Å²) in [5.41, 5.74) is -4.74. The molecule has 0 amide bonds. The van der Waals surface area contributed by atoms with E-state index in [0.717, 1.165) is 0 Å². The van der Waals surface area contributed by atoms with Crippen LogP contribution in [0, 0.1) is 23.2 Å². The first kappa shape index (κ1) is 29.3. The fraction of sp³-hybridized carbons (Fsp3) is 0.655. The van der Waals surface area contributed by atoms with E-state index in [1.807, 2.05) is 0 Å². The topological polar surface area (TPSA) is 157 Å². The van der Waals surface area contributed by atoms with Gasteiger partial charge in [-0.1, -0.05) is 25.1 Å². The number of benzene rings is 1. The van der Waals surface area contributed by atoms with Crippen molar-refractivity contribution < 1.29 is 48.7 Å². The standard InChI is InChI=1S/C29H38O10/c1-15-18(31)11-12-19(38-26(35)17-9-7-6-8-10-17)24-28(5,25(34)23(33)22(15)27(3,4)36)20(32)13-21-29(24,14-37-21)39-16(2)30/h6-10,15,18-22,24,31-32,36H,11-14H2,1-5H3. The Morgan fingerprint density at radius 3 is 2.28 bits per heavy atom. The lowest BCUT2D eigenvalue weighted by atomic mass is 9.51. The third kappa shape index (κ3) is 4.92. The van der Waals surface area contributed by atoms with Gasteiger partial charge in [0, 0.05) is 13.3 Å². The van der Waals surface area contributed by atoms with Crippen LogP contribution in [0.15, 0.2) is 30.3 Å². The molecule has 3 fully saturated rings. The highest BCUT2D eigenvalue weighted by Gasteiger charge is 2.73. The number of rotatable bonds is 4. The maximum atomic E-state index is 14.2. The van der Waals surface area contributed by atoms with E-state index in [4.69, 9.17) is 14.2 Å². The van der Waals surface area contributed by atoms with E-state index in [9.17, 15) is 34.5 Å². The quantitative estimate of drug-likeness (QED) is 0.374. The number of esters is 2. The number of aliphatic hydroxyl groups is 3. The van der Waals surface area contributed by atoms with E-state index < -0.39 is 82.3 Å². The van der Waals surface area contributed by atoms with Gasteiger partial charge in [-0.3, -0.25) is 14.4 Å². The second-order valence-electron chi connectivity index (χ2n) is 12.0. The lowest BCUT2D eigenvalue weighted by Crippen LogP contribution is -2.77. The van der Waals surface area contributed by atoms with Crippen molar-refractivity contribution >= 4 is 23.5 Å². The fourth-order valence-corrected chi connectivity index (χ4v) is 7.01. The molecule has 1 aromatic carbocycles. The van der Waals surface area contributed by atoms with Crippen LogP contribution in [0.5, 0.6) is 0 Å². The SMILES string of the molecule is CC(=O)OC12COC1CC(O)C1(C)C(=O)C(=O)C(C(C)(C)O)C(C)C(O)CCC(OC(=O)c3ccccc3)C21. The van der Waals surface area contributed by atoms with E-state index in [1.54, 1.807) is 37.3 Å². The van der Waals surface area contributed by atoms with Gasteiger partial charge in [0.25, 0.3) is 0 Å². The molecule has 1 heterocycles. The van der Waals surface area contributed by atoms with Crippen molar-refractivity contribution in [3.05, 3.63) is 35.9 Å². The number of ether oxygens (including phenoxy) is 3. The Morgan fingerprint density at radius 2 is 1.74 bits per heavy atom. The number of hydrogen-bond donors (Lipinski definition) is 3. The fourth-order valence-electron chi connectivity index (χ4n) is 7.01. The van der Waals surface area contributed by atoms with Crippen molar-refractivity contribution in [1.82, 2.24) is 0 Å². The third-order valence-corrected chi connectivity index (χ3v) is 8.97. The summed E-state index contributed by atoms with van der Waals surface area (Å²) in [5, 5.41) is 33.4. The molecule has 0 aromatic heterocycles. The zero-order chi connectivity index (χ0) is 28.9. The van der Waals surface area contributed by atoms with Crippen molar-refractivity contribution in [2.24, 2.45) is 23.2 Å². The average Bonchev–Trinajstić information content (AvgIpc) is 2.86. The molecule has 3 N–H and O–H groups in total. The lowest BCUT2D eigenvalue weighted by Gasteiger charge is -2.63. The number of ketones is 2. The van der Waals surface area contributed by atoms with Gasteiger partial charge in [0.15, 0.2) is 5.60 Å². The summed E-state index contributed by atoms with van der Waals surface area (Å²) in [6.07, 6.45) is -4.49. The molecule has 3 aliphatic rings. The molecular weight excluding hydrogens is 508 g/mol. The minimum absolute atomic E-state index is 0.0346. The molecule has 2 aliphatic carbocycles. The first-order chi connectivity index (χ1) is 18.1. The smallest absolute Gasteiger partial charge is 0.338 e. The largest absolute Gasteiger partial charge is 0.458 e. The highest BCUT2D eigenvalue weighted by Crippen LogP contribution is 2.57. The Balaban J connectivity index is 1.89. The van der Waals surface area contributed by atoms with E-state index in [1.165, 1.54) is 27.7 Å². The zero-order valence-electron chi connectivity index (χ0n) is 23.0. The molecule has 0 radical (unpaired) electrons. The molecule has 10 nitrogen and oxygen atoms in total. The number of fused-ring (bicyclic) bond motifs is 3. The first-order valence-corrected chi connectivity index (χ1v) is 13.4. The molecule has 1 saturated heterocycles.